The quantitative estimate of drug-likeness (QED) is 0.527. The zero-order chi connectivity index (χ0) is 29.6. The lowest BCUT2D eigenvalue weighted by atomic mass is 9.93. The Morgan fingerprint density at radius 2 is 1.80 bits per heavy atom. The second-order valence-corrected chi connectivity index (χ2v) is 12.1. The number of piperidine rings is 2. The Labute approximate surface area is 238 Å². The summed E-state index contributed by atoms with van der Waals surface area (Å²) in [4.78, 5) is 65.9. The van der Waals surface area contributed by atoms with E-state index in [1.54, 1.807) is 29.3 Å². The Morgan fingerprint density at radius 3 is 2.46 bits per heavy atom. The van der Waals surface area contributed by atoms with Gasteiger partial charge in [0, 0.05) is 42.5 Å². The molecule has 0 spiro atoms. The molecular formula is C29H36N6O6. The summed E-state index contributed by atoms with van der Waals surface area (Å²) in [6, 6.07) is 4.02. The van der Waals surface area contributed by atoms with E-state index in [0.29, 0.717) is 12.2 Å². The number of imide groups is 2. The maximum Gasteiger partial charge on any atom is 0.410 e. The van der Waals surface area contributed by atoms with E-state index in [4.69, 9.17) is 4.74 Å². The summed E-state index contributed by atoms with van der Waals surface area (Å²) in [7, 11) is 0. The standard InChI is InChI=1S/C29H36N6O6/c1-16-11-19(12-17(2)34(16)28(40)41-29(3,4)5)33-15-18(14-31-33)13-30-21-8-6-7-20-24(21)27(39)35(26(20)38)22-9-10-23(36)32-25(22)37/h6-8,14-17,19,22,30H,9-13H2,1-5H3,(H,32,36,37). The molecule has 2 aromatic rings. The average molecular weight is 565 g/mol. The zero-order valence-corrected chi connectivity index (χ0v) is 24.0. The van der Waals surface area contributed by atoms with Crippen molar-refractivity contribution in [1.29, 1.82) is 0 Å². The fourth-order valence-electron chi connectivity index (χ4n) is 5.96. The molecule has 12 heteroatoms. The predicted octanol–water partition coefficient (Wildman–Crippen LogP) is 3.25. The number of likely N-dealkylation sites (tertiary alicyclic amines) is 1. The van der Waals surface area contributed by atoms with E-state index in [0.717, 1.165) is 23.3 Å². The summed E-state index contributed by atoms with van der Waals surface area (Å²) in [5, 5.41) is 10.0. The number of aromatic nitrogens is 2. The predicted molar refractivity (Wildman–Crippen MR) is 148 cm³/mol. The van der Waals surface area contributed by atoms with Crippen LogP contribution in [0, 0.1) is 0 Å². The number of amides is 5. The SMILES string of the molecule is CC1CC(n2cc(CNc3cccc4c3C(=O)N(C3CCC(=O)NC3=O)C4=O)cn2)CC(C)N1C(=O)OC(C)(C)C. The van der Waals surface area contributed by atoms with E-state index in [2.05, 4.69) is 15.7 Å². The molecule has 3 aliphatic heterocycles. The average Bonchev–Trinajstić information content (AvgIpc) is 3.45. The van der Waals surface area contributed by atoms with Gasteiger partial charge in [-0.15, -0.1) is 0 Å². The van der Waals surface area contributed by atoms with Gasteiger partial charge in [0.1, 0.15) is 11.6 Å². The third kappa shape index (κ3) is 5.55. The number of hydrogen-bond donors (Lipinski definition) is 2. The lowest BCUT2D eigenvalue weighted by molar-refractivity contribution is -0.136. The Balaban J connectivity index is 1.25. The van der Waals surface area contributed by atoms with Gasteiger partial charge in [-0.1, -0.05) is 6.07 Å². The number of carbonyl (C=O) groups is 5. The largest absolute Gasteiger partial charge is 0.444 e. The van der Waals surface area contributed by atoms with Crippen molar-refractivity contribution in [3.05, 3.63) is 47.3 Å². The number of benzene rings is 1. The number of hydrogen-bond acceptors (Lipinski definition) is 8. The van der Waals surface area contributed by atoms with Gasteiger partial charge in [-0.05, 0) is 66.0 Å². The molecule has 5 amide bonds. The zero-order valence-electron chi connectivity index (χ0n) is 24.0. The van der Waals surface area contributed by atoms with Gasteiger partial charge in [-0.3, -0.25) is 34.1 Å². The van der Waals surface area contributed by atoms with Crippen LogP contribution >= 0.6 is 0 Å². The topological polar surface area (TPSA) is 143 Å². The molecule has 3 unspecified atom stereocenters. The Hall–Kier alpha value is -4.22. The molecule has 0 saturated carbocycles. The van der Waals surface area contributed by atoms with Crippen molar-refractivity contribution in [2.24, 2.45) is 0 Å². The molecule has 2 N–H and O–H groups in total. The first-order valence-electron chi connectivity index (χ1n) is 14.0. The molecule has 0 aliphatic carbocycles. The first-order valence-corrected chi connectivity index (χ1v) is 14.0. The van der Waals surface area contributed by atoms with E-state index in [1.165, 1.54) is 0 Å². The summed E-state index contributed by atoms with van der Waals surface area (Å²) in [6.07, 6.45) is 5.04. The van der Waals surface area contributed by atoms with Gasteiger partial charge >= 0.3 is 6.09 Å². The molecular weight excluding hydrogens is 528 g/mol. The van der Waals surface area contributed by atoms with Crippen LogP contribution in [-0.4, -0.2) is 73.0 Å². The molecule has 41 heavy (non-hydrogen) atoms. The van der Waals surface area contributed by atoms with Crippen molar-refractivity contribution in [1.82, 2.24) is 24.9 Å². The molecule has 0 radical (unpaired) electrons. The number of carbonyl (C=O) groups excluding carboxylic acids is 5. The minimum absolute atomic E-state index is 0.0212. The molecule has 2 fully saturated rings. The van der Waals surface area contributed by atoms with Crippen LogP contribution in [0.25, 0.3) is 0 Å². The second-order valence-electron chi connectivity index (χ2n) is 12.1. The summed E-state index contributed by atoms with van der Waals surface area (Å²) < 4.78 is 7.53. The maximum absolute atomic E-state index is 13.3. The summed E-state index contributed by atoms with van der Waals surface area (Å²) in [5.41, 5.74) is 1.25. The molecule has 4 heterocycles. The highest BCUT2D eigenvalue weighted by molar-refractivity contribution is 6.25. The number of anilines is 1. The van der Waals surface area contributed by atoms with E-state index in [1.807, 2.05) is 45.5 Å². The van der Waals surface area contributed by atoms with Crippen molar-refractivity contribution in [3.63, 3.8) is 0 Å². The molecule has 5 rings (SSSR count). The van der Waals surface area contributed by atoms with Crippen LogP contribution in [0.15, 0.2) is 30.6 Å². The number of fused-ring (bicyclic) bond motifs is 1. The third-order valence-electron chi connectivity index (χ3n) is 7.76. The molecule has 1 aromatic carbocycles. The van der Waals surface area contributed by atoms with Gasteiger partial charge < -0.3 is 15.0 Å². The molecule has 12 nitrogen and oxygen atoms in total. The highest BCUT2D eigenvalue weighted by Gasteiger charge is 2.45. The number of rotatable bonds is 5. The van der Waals surface area contributed by atoms with Crippen LogP contribution in [0.5, 0.6) is 0 Å². The normalized spacial score (nSPS) is 24.8. The van der Waals surface area contributed by atoms with E-state index in [-0.39, 0.29) is 48.2 Å². The summed E-state index contributed by atoms with van der Waals surface area (Å²) in [6.45, 7) is 9.97. The molecule has 0 bridgehead atoms. The van der Waals surface area contributed by atoms with E-state index in [9.17, 15) is 24.0 Å². The smallest absolute Gasteiger partial charge is 0.410 e. The Kier molecular flexibility index (Phi) is 7.35. The van der Waals surface area contributed by atoms with Crippen LogP contribution in [-0.2, 0) is 20.9 Å². The third-order valence-corrected chi connectivity index (χ3v) is 7.76. The van der Waals surface area contributed by atoms with Gasteiger partial charge in [0.15, 0.2) is 0 Å². The van der Waals surface area contributed by atoms with Gasteiger partial charge in [0.25, 0.3) is 11.8 Å². The van der Waals surface area contributed by atoms with Crippen LogP contribution < -0.4 is 10.6 Å². The minimum Gasteiger partial charge on any atom is -0.444 e. The van der Waals surface area contributed by atoms with Crippen LogP contribution in [0.4, 0.5) is 10.5 Å². The molecule has 1 aromatic heterocycles. The highest BCUT2D eigenvalue weighted by Crippen LogP contribution is 2.34. The molecule has 218 valence electrons. The molecule has 3 atom stereocenters. The first kappa shape index (κ1) is 28.3. The van der Waals surface area contributed by atoms with Gasteiger partial charge in [-0.2, -0.15) is 5.10 Å². The monoisotopic (exact) mass is 564 g/mol. The second kappa shape index (κ2) is 10.6. The lowest BCUT2D eigenvalue weighted by Gasteiger charge is -2.42. The van der Waals surface area contributed by atoms with Crippen molar-refractivity contribution < 1.29 is 28.7 Å². The Morgan fingerprint density at radius 1 is 1.10 bits per heavy atom. The van der Waals surface area contributed by atoms with Gasteiger partial charge in [0.2, 0.25) is 11.8 Å². The van der Waals surface area contributed by atoms with Crippen molar-refractivity contribution in [2.45, 2.75) is 96.6 Å². The fraction of sp³-hybridized carbons (Fsp3) is 0.517. The minimum atomic E-state index is -1.02. The first-order chi connectivity index (χ1) is 19.3. The molecule has 2 saturated heterocycles. The number of nitrogens with one attached hydrogen (secondary N) is 2. The van der Waals surface area contributed by atoms with E-state index < -0.39 is 35.3 Å². The van der Waals surface area contributed by atoms with Crippen LogP contribution in [0.3, 0.4) is 0 Å². The van der Waals surface area contributed by atoms with Gasteiger partial charge in [-0.25, -0.2) is 4.79 Å². The number of ether oxygens (including phenoxy) is 1. The molecule has 3 aliphatic rings. The summed E-state index contributed by atoms with van der Waals surface area (Å²) in [5.74, 6) is -2.16. The number of nitrogens with zero attached hydrogens (tertiary/aromatic N) is 4. The van der Waals surface area contributed by atoms with Crippen LogP contribution in [0.2, 0.25) is 0 Å². The lowest BCUT2D eigenvalue weighted by Crippen LogP contribution is -2.54. The Bertz CT molecular complexity index is 1400. The van der Waals surface area contributed by atoms with Crippen molar-refractivity contribution in [3.8, 4) is 0 Å². The maximum atomic E-state index is 13.3. The summed E-state index contributed by atoms with van der Waals surface area (Å²) >= 11 is 0. The fourth-order valence-corrected chi connectivity index (χ4v) is 5.96. The van der Waals surface area contributed by atoms with E-state index >= 15 is 0 Å². The van der Waals surface area contributed by atoms with Gasteiger partial charge in [0.05, 0.1) is 23.4 Å². The van der Waals surface area contributed by atoms with Crippen LogP contribution in [0.1, 0.15) is 92.6 Å². The van der Waals surface area contributed by atoms with Crippen molar-refractivity contribution >= 4 is 35.4 Å². The van der Waals surface area contributed by atoms with Crippen molar-refractivity contribution in [2.75, 3.05) is 5.32 Å². The highest BCUT2D eigenvalue weighted by atomic mass is 16.6.